The van der Waals surface area contributed by atoms with E-state index in [-0.39, 0.29) is 0 Å². The lowest BCUT2D eigenvalue weighted by Gasteiger charge is -2.05. The number of nitrogens with zero attached hydrogens (tertiary/aromatic N) is 1. The first kappa shape index (κ1) is 12.3. The van der Waals surface area contributed by atoms with Crippen molar-refractivity contribution >= 4 is 5.90 Å². The fourth-order valence-electron chi connectivity index (χ4n) is 1.12. The van der Waals surface area contributed by atoms with Crippen LogP contribution in [0, 0.1) is 0 Å². The average Bonchev–Trinajstić information content (AvgIpc) is 2.35. The van der Waals surface area contributed by atoms with Crippen LogP contribution in [0.1, 0.15) is 18.9 Å². The van der Waals surface area contributed by atoms with Gasteiger partial charge in [-0.2, -0.15) is 5.90 Å². The molecule has 2 N–H and O–H groups in total. The van der Waals surface area contributed by atoms with E-state index in [1.165, 1.54) is 0 Å². The molecule has 0 radical (unpaired) electrons. The van der Waals surface area contributed by atoms with E-state index >= 15 is 0 Å². The standard InChI is InChI=1S/C12H16N2O2/c1-4-9(2)14-12(16-13)10-5-7-11(15-3)8-6-10/h5-8H,2,4,13H2,1,3H3/b14-12-. The monoisotopic (exact) mass is 220 g/mol. The molecular weight excluding hydrogens is 204 g/mol. The van der Waals surface area contributed by atoms with Gasteiger partial charge in [-0.1, -0.05) is 13.5 Å². The Bertz CT molecular complexity index is 383. The molecule has 0 aromatic heterocycles. The van der Waals surface area contributed by atoms with Gasteiger partial charge in [0.25, 0.3) is 0 Å². The number of hydrogen-bond donors (Lipinski definition) is 1. The molecule has 86 valence electrons. The Balaban J connectivity index is 2.95. The van der Waals surface area contributed by atoms with Crippen LogP contribution in [0.25, 0.3) is 0 Å². The number of aliphatic imine (C=N–C) groups is 1. The molecule has 0 aliphatic rings. The maximum Gasteiger partial charge on any atom is 0.244 e. The molecule has 0 saturated carbocycles. The second kappa shape index (κ2) is 5.92. The van der Waals surface area contributed by atoms with Gasteiger partial charge in [0.1, 0.15) is 5.75 Å². The lowest BCUT2D eigenvalue weighted by Crippen LogP contribution is -2.12. The normalized spacial score (nSPS) is 11.1. The summed E-state index contributed by atoms with van der Waals surface area (Å²) in [4.78, 5) is 8.90. The van der Waals surface area contributed by atoms with Crippen molar-refractivity contribution in [1.29, 1.82) is 0 Å². The van der Waals surface area contributed by atoms with E-state index in [9.17, 15) is 0 Å². The molecule has 0 aliphatic heterocycles. The van der Waals surface area contributed by atoms with Gasteiger partial charge < -0.3 is 9.57 Å². The fraction of sp³-hybridized carbons (Fsp3) is 0.250. The van der Waals surface area contributed by atoms with Crippen molar-refractivity contribution in [3.63, 3.8) is 0 Å². The summed E-state index contributed by atoms with van der Waals surface area (Å²) in [5, 5.41) is 0. The minimum atomic E-state index is 0.356. The van der Waals surface area contributed by atoms with Gasteiger partial charge in [0.05, 0.1) is 7.11 Å². The molecule has 0 saturated heterocycles. The molecule has 4 heteroatoms. The molecule has 0 fully saturated rings. The maximum atomic E-state index is 5.18. The van der Waals surface area contributed by atoms with Crippen LogP contribution in [0.15, 0.2) is 41.5 Å². The van der Waals surface area contributed by atoms with Gasteiger partial charge in [-0.15, -0.1) is 0 Å². The number of benzene rings is 1. The van der Waals surface area contributed by atoms with Crippen LogP contribution in [-0.4, -0.2) is 13.0 Å². The Morgan fingerprint density at radius 1 is 1.38 bits per heavy atom. The van der Waals surface area contributed by atoms with Gasteiger partial charge in [0.2, 0.25) is 5.90 Å². The molecule has 1 aromatic rings. The minimum Gasteiger partial charge on any atom is -0.497 e. The highest BCUT2D eigenvalue weighted by molar-refractivity contribution is 5.94. The van der Waals surface area contributed by atoms with E-state index in [0.29, 0.717) is 5.90 Å². The Labute approximate surface area is 95.3 Å². The molecule has 0 heterocycles. The van der Waals surface area contributed by atoms with Gasteiger partial charge in [-0.25, -0.2) is 4.99 Å². The number of ether oxygens (including phenoxy) is 1. The van der Waals surface area contributed by atoms with Crippen molar-refractivity contribution in [3.8, 4) is 5.75 Å². The van der Waals surface area contributed by atoms with E-state index < -0.39 is 0 Å². The van der Waals surface area contributed by atoms with Crippen molar-refractivity contribution < 1.29 is 9.57 Å². The number of nitrogens with two attached hydrogens (primary N) is 1. The first-order chi connectivity index (χ1) is 7.71. The molecule has 0 bridgehead atoms. The quantitative estimate of drug-likeness (QED) is 0.481. The van der Waals surface area contributed by atoms with Crippen LogP contribution in [-0.2, 0) is 4.84 Å². The van der Waals surface area contributed by atoms with Crippen molar-refractivity contribution in [2.24, 2.45) is 10.9 Å². The van der Waals surface area contributed by atoms with Crippen LogP contribution < -0.4 is 10.6 Å². The van der Waals surface area contributed by atoms with E-state index in [4.69, 9.17) is 15.5 Å². The highest BCUT2D eigenvalue weighted by Crippen LogP contribution is 2.13. The summed E-state index contributed by atoms with van der Waals surface area (Å²) < 4.78 is 5.06. The van der Waals surface area contributed by atoms with E-state index in [2.05, 4.69) is 11.6 Å². The van der Waals surface area contributed by atoms with Crippen molar-refractivity contribution in [1.82, 2.24) is 0 Å². The van der Waals surface area contributed by atoms with E-state index in [0.717, 1.165) is 23.4 Å². The molecular formula is C12H16N2O2. The molecule has 1 aromatic carbocycles. The Kier molecular flexibility index (Phi) is 4.54. The third-order valence-electron chi connectivity index (χ3n) is 2.12. The molecule has 0 unspecified atom stereocenters. The summed E-state index contributed by atoms with van der Waals surface area (Å²) in [6.45, 7) is 5.74. The summed E-state index contributed by atoms with van der Waals surface area (Å²) in [5.74, 6) is 6.30. The lowest BCUT2D eigenvalue weighted by atomic mass is 10.2. The van der Waals surface area contributed by atoms with Gasteiger partial charge in [0.15, 0.2) is 0 Å². The summed E-state index contributed by atoms with van der Waals surface area (Å²) in [5.41, 5.74) is 1.51. The highest BCUT2D eigenvalue weighted by atomic mass is 16.6. The average molecular weight is 220 g/mol. The maximum absolute atomic E-state index is 5.18. The predicted molar refractivity (Wildman–Crippen MR) is 64.2 cm³/mol. The zero-order chi connectivity index (χ0) is 12.0. The first-order valence-corrected chi connectivity index (χ1v) is 4.98. The van der Waals surface area contributed by atoms with Crippen LogP contribution in [0.2, 0.25) is 0 Å². The number of hydrogen-bond acceptors (Lipinski definition) is 4. The van der Waals surface area contributed by atoms with E-state index in [1.807, 2.05) is 31.2 Å². The number of methoxy groups -OCH3 is 1. The topological polar surface area (TPSA) is 56.8 Å². The molecule has 0 aliphatic carbocycles. The van der Waals surface area contributed by atoms with Gasteiger partial charge >= 0.3 is 0 Å². The van der Waals surface area contributed by atoms with Gasteiger partial charge in [0, 0.05) is 11.3 Å². The van der Waals surface area contributed by atoms with Crippen LogP contribution in [0.5, 0.6) is 5.75 Å². The molecule has 4 nitrogen and oxygen atoms in total. The third-order valence-corrected chi connectivity index (χ3v) is 2.12. The lowest BCUT2D eigenvalue weighted by molar-refractivity contribution is 0.321. The summed E-state index contributed by atoms with van der Waals surface area (Å²) in [6.07, 6.45) is 0.753. The van der Waals surface area contributed by atoms with Crippen LogP contribution in [0.3, 0.4) is 0 Å². The smallest absolute Gasteiger partial charge is 0.244 e. The zero-order valence-corrected chi connectivity index (χ0v) is 9.56. The molecule has 0 atom stereocenters. The Hall–Kier alpha value is -1.81. The predicted octanol–water partition coefficient (Wildman–Crippen LogP) is 2.26. The Morgan fingerprint density at radius 2 is 2.00 bits per heavy atom. The SMILES string of the molecule is C=C(CC)/N=C(\ON)c1ccc(OC)cc1. The van der Waals surface area contributed by atoms with Crippen molar-refractivity contribution in [3.05, 3.63) is 42.1 Å². The van der Waals surface area contributed by atoms with Crippen molar-refractivity contribution in [2.45, 2.75) is 13.3 Å². The fourth-order valence-corrected chi connectivity index (χ4v) is 1.12. The van der Waals surface area contributed by atoms with Crippen molar-refractivity contribution in [2.75, 3.05) is 7.11 Å². The van der Waals surface area contributed by atoms with Crippen LogP contribution >= 0.6 is 0 Å². The second-order valence-corrected chi connectivity index (χ2v) is 3.18. The molecule has 1 rings (SSSR count). The third kappa shape index (κ3) is 3.10. The molecule has 0 amide bonds. The largest absolute Gasteiger partial charge is 0.497 e. The molecule has 16 heavy (non-hydrogen) atoms. The van der Waals surface area contributed by atoms with Gasteiger partial charge in [-0.3, -0.25) is 0 Å². The second-order valence-electron chi connectivity index (χ2n) is 3.18. The summed E-state index contributed by atoms with van der Waals surface area (Å²) >= 11 is 0. The summed E-state index contributed by atoms with van der Waals surface area (Å²) in [7, 11) is 1.61. The highest BCUT2D eigenvalue weighted by Gasteiger charge is 2.04. The van der Waals surface area contributed by atoms with Crippen LogP contribution in [0.4, 0.5) is 0 Å². The number of allylic oxidation sites excluding steroid dienone is 1. The summed E-state index contributed by atoms with van der Waals surface area (Å²) in [6, 6.07) is 7.29. The Morgan fingerprint density at radius 3 is 2.44 bits per heavy atom. The zero-order valence-electron chi connectivity index (χ0n) is 9.56. The molecule has 0 spiro atoms. The minimum absolute atomic E-state index is 0.356. The van der Waals surface area contributed by atoms with Gasteiger partial charge in [-0.05, 0) is 30.7 Å². The van der Waals surface area contributed by atoms with E-state index in [1.54, 1.807) is 7.11 Å². The number of rotatable bonds is 4. The first-order valence-electron chi connectivity index (χ1n) is 4.98.